The minimum atomic E-state index is -0.384. The van der Waals surface area contributed by atoms with Crippen molar-refractivity contribution in [2.75, 3.05) is 38.2 Å². The lowest BCUT2D eigenvalue weighted by Gasteiger charge is -2.35. The van der Waals surface area contributed by atoms with Crippen LogP contribution in [0.2, 0.25) is 0 Å². The predicted molar refractivity (Wildman–Crippen MR) is 91.9 cm³/mol. The maximum Gasteiger partial charge on any atom is 0.227 e. The van der Waals surface area contributed by atoms with Gasteiger partial charge < -0.3 is 19.2 Å². The molecule has 1 aliphatic rings. The molecule has 0 aliphatic carbocycles. The van der Waals surface area contributed by atoms with Gasteiger partial charge in [0.25, 0.3) is 0 Å². The summed E-state index contributed by atoms with van der Waals surface area (Å²) >= 11 is 0. The Morgan fingerprint density at radius 1 is 1.17 bits per heavy atom. The van der Waals surface area contributed by atoms with Crippen LogP contribution in [0.15, 0.2) is 39.5 Å². The first-order chi connectivity index (χ1) is 11.6. The molecule has 1 N–H and O–H groups in total. The molecule has 1 fully saturated rings. The lowest BCUT2D eigenvalue weighted by molar-refractivity contribution is 0.220. The average molecular weight is 330 g/mol. The van der Waals surface area contributed by atoms with Gasteiger partial charge in [-0.05, 0) is 31.2 Å². The van der Waals surface area contributed by atoms with Crippen LogP contribution < -0.4 is 15.1 Å². The fourth-order valence-electron chi connectivity index (χ4n) is 2.93. The summed E-state index contributed by atoms with van der Waals surface area (Å²) in [7, 11) is 1.66. The van der Waals surface area contributed by atoms with Crippen LogP contribution >= 0.6 is 0 Å². The molecule has 0 radical (unpaired) electrons. The van der Waals surface area contributed by atoms with E-state index in [2.05, 4.69) is 21.9 Å². The number of methoxy groups -OCH3 is 1. The molecule has 0 atom stereocenters. The van der Waals surface area contributed by atoms with Crippen molar-refractivity contribution < 1.29 is 14.3 Å². The summed E-state index contributed by atoms with van der Waals surface area (Å²) in [4.78, 5) is 16.1. The number of hydrogen-bond donors (Lipinski definition) is 1. The molecule has 0 saturated carbocycles. The maximum atomic E-state index is 11.6. The molecule has 0 unspecified atom stereocenters. The first-order valence-corrected chi connectivity index (χ1v) is 8.01. The van der Waals surface area contributed by atoms with Gasteiger partial charge in [0, 0.05) is 37.9 Å². The topological polar surface area (TPSA) is 66.2 Å². The van der Waals surface area contributed by atoms with E-state index < -0.39 is 0 Å². The Balaban J connectivity index is 1.62. The average Bonchev–Trinajstić information content (AvgIpc) is 2.60. The summed E-state index contributed by atoms with van der Waals surface area (Å²) in [6.07, 6.45) is 0. The van der Waals surface area contributed by atoms with Gasteiger partial charge in [0.15, 0.2) is 5.76 Å². The molecule has 6 heteroatoms. The molecule has 2 aromatic rings. The summed E-state index contributed by atoms with van der Waals surface area (Å²) in [5, 5.41) is 9.88. The summed E-state index contributed by atoms with van der Waals surface area (Å²) in [6, 6.07) is 9.34. The van der Waals surface area contributed by atoms with Gasteiger partial charge in [0.1, 0.15) is 11.5 Å². The number of aryl methyl sites for hydroxylation is 1. The van der Waals surface area contributed by atoms with Crippen LogP contribution in [-0.2, 0) is 6.54 Å². The van der Waals surface area contributed by atoms with Crippen molar-refractivity contribution in [3.63, 3.8) is 0 Å². The second kappa shape index (κ2) is 6.97. The van der Waals surface area contributed by atoms with Crippen molar-refractivity contribution in [2.24, 2.45) is 0 Å². The second-order valence-electron chi connectivity index (χ2n) is 5.95. The number of hydrogen-bond acceptors (Lipinski definition) is 6. The van der Waals surface area contributed by atoms with Crippen molar-refractivity contribution in [1.82, 2.24) is 4.90 Å². The maximum absolute atomic E-state index is 11.6. The highest BCUT2D eigenvalue weighted by molar-refractivity contribution is 5.49. The minimum Gasteiger partial charge on any atom is -0.502 e. The van der Waals surface area contributed by atoms with Crippen LogP contribution in [0.1, 0.15) is 11.5 Å². The Morgan fingerprint density at radius 3 is 2.46 bits per heavy atom. The number of aromatic hydroxyl groups is 1. The Morgan fingerprint density at radius 2 is 1.83 bits per heavy atom. The summed E-state index contributed by atoms with van der Waals surface area (Å²) in [5.41, 5.74) is 0.783. The van der Waals surface area contributed by atoms with Gasteiger partial charge in [-0.3, -0.25) is 9.69 Å². The van der Waals surface area contributed by atoms with Crippen LogP contribution in [0.3, 0.4) is 0 Å². The summed E-state index contributed by atoms with van der Waals surface area (Å²) in [5.74, 6) is 1.43. The van der Waals surface area contributed by atoms with Gasteiger partial charge in [-0.15, -0.1) is 0 Å². The predicted octanol–water partition coefficient (Wildman–Crippen LogP) is 1.98. The van der Waals surface area contributed by atoms with E-state index in [-0.39, 0.29) is 11.2 Å². The highest BCUT2D eigenvalue weighted by Crippen LogP contribution is 2.22. The van der Waals surface area contributed by atoms with Gasteiger partial charge in [-0.1, -0.05) is 0 Å². The number of benzene rings is 1. The Bertz CT molecular complexity index is 747. The van der Waals surface area contributed by atoms with Crippen molar-refractivity contribution in [3.05, 3.63) is 52.1 Å². The largest absolute Gasteiger partial charge is 0.502 e. The van der Waals surface area contributed by atoms with E-state index in [0.29, 0.717) is 18.1 Å². The van der Waals surface area contributed by atoms with E-state index in [1.165, 1.54) is 11.8 Å². The zero-order chi connectivity index (χ0) is 17.1. The molecule has 1 aromatic heterocycles. The van der Waals surface area contributed by atoms with E-state index >= 15 is 0 Å². The fourth-order valence-corrected chi connectivity index (χ4v) is 2.93. The molecule has 2 heterocycles. The quantitative estimate of drug-likeness (QED) is 0.925. The lowest BCUT2D eigenvalue weighted by Crippen LogP contribution is -2.46. The monoisotopic (exact) mass is 330 g/mol. The molecular weight excluding hydrogens is 308 g/mol. The van der Waals surface area contributed by atoms with Gasteiger partial charge in [-0.25, -0.2) is 0 Å². The molecule has 0 spiro atoms. The summed E-state index contributed by atoms with van der Waals surface area (Å²) < 4.78 is 10.7. The van der Waals surface area contributed by atoms with Crippen LogP contribution in [0.4, 0.5) is 5.69 Å². The van der Waals surface area contributed by atoms with Crippen LogP contribution in [0, 0.1) is 6.92 Å². The number of rotatable bonds is 4. The third-order valence-corrected chi connectivity index (χ3v) is 4.29. The van der Waals surface area contributed by atoms with E-state index in [9.17, 15) is 9.90 Å². The van der Waals surface area contributed by atoms with Crippen LogP contribution in [0.25, 0.3) is 0 Å². The molecular formula is C18H22N2O4. The van der Waals surface area contributed by atoms with E-state index in [1.807, 2.05) is 12.1 Å². The third-order valence-electron chi connectivity index (χ3n) is 4.29. The lowest BCUT2D eigenvalue weighted by atomic mass is 10.2. The second-order valence-corrected chi connectivity index (χ2v) is 5.95. The molecule has 1 saturated heterocycles. The number of ether oxygens (including phenoxy) is 1. The summed E-state index contributed by atoms with van der Waals surface area (Å²) in [6.45, 7) is 5.59. The molecule has 3 rings (SSSR count). The normalized spacial score (nSPS) is 15.5. The number of nitrogens with zero attached hydrogens (tertiary/aromatic N) is 2. The number of piperazine rings is 1. The smallest absolute Gasteiger partial charge is 0.227 e. The zero-order valence-electron chi connectivity index (χ0n) is 14.0. The Hall–Kier alpha value is -2.47. The SMILES string of the molecule is COc1ccc(N2CCN(Cc3oc(C)cc(=O)c3O)CC2)cc1. The van der Waals surface area contributed by atoms with Gasteiger partial charge in [0.05, 0.1) is 13.7 Å². The highest BCUT2D eigenvalue weighted by atomic mass is 16.5. The van der Waals surface area contributed by atoms with Crippen molar-refractivity contribution in [1.29, 1.82) is 0 Å². The zero-order valence-corrected chi connectivity index (χ0v) is 14.0. The highest BCUT2D eigenvalue weighted by Gasteiger charge is 2.20. The standard InChI is InChI=1S/C18H22N2O4/c1-13-11-16(21)18(22)17(24-13)12-19-7-9-20(10-8-19)14-3-5-15(23-2)6-4-14/h3-6,11,22H,7-10,12H2,1-2H3. The molecule has 1 aliphatic heterocycles. The minimum absolute atomic E-state index is 0.279. The van der Waals surface area contributed by atoms with Crippen molar-refractivity contribution >= 4 is 5.69 Å². The van der Waals surface area contributed by atoms with Crippen molar-refractivity contribution in [2.45, 2.75) is 13.5 Å². The Labute approximate surface area is 140 Å². The molecule has 0 amide bonds. The van der Waals surface area contributed by atoms with Gasteiger partial charge in [-0.2, -0.15) is 0 Å². The molecule has 1 aromatic carbocycles. The van der Waals surface area contributed by atoms with E-state index in [1.54, 1.807) is 14.0 Å². The number of anilines is 1. The van der Waals surface area contributed by atoms with Gasteiger partial charge in [0.2, 0.25) is 11.2 Å². The third kappa shape index (κ3) is 3.54. The molecule has 24 heavy (non-hydrogen) atoms. The van der Waals surface area contributed by atoms with Gasteiger partial charge >= 0.3 is 0 Å². The molecule has 0 bridgehead atoms. The molecule has 128 valence electrons. The Kier molecular flexibility index (Phi) is 4.76. The van der Waals surface area contributed by atoms with E-state index in [4.69, 9.17) is 9.15 Å². The first kappa shape index (κ1) is 16.4. The first-order valence-electron chi connectivity index (χ1n) is 8.01. The van der Waals surface area contributed by atoms with Crippen molar-refractivity contribution in [3.8, 4) is 11.5 Å². The van der Waals surface area contributed by atoms with Crippen LogP contribution in [0.5, 0.6) is 11.5 Å². The van der Waals surface area contributed by atoms with E-state index in [0.717, 1.165) is 31.9 Å². The fraction of sp³-hybridized carbons (Fsp3) is 0.389. The van der Waals surface area contributed by atoms with Crippen LogP contribution in [-0.4, -0.2) is 43.3 Å². The molecule has 6 nitrogen and oxygen atoms in total.